The molecule has 1 heterocycles. The Labute approximate surface area is 68.6 Å². The highest BCUT2D eigenvalue weighted by Crippen LogP contribution is 2.14. The van der Waals surface area contributed by atoms with Crippen molar-refractivity contribution in [3.63, 3.8) is 0 Å². The van der Waals surface area contributed by atoms with Crippen LogP contribution in [0.2, 0.25) is 0 Å². The molecule has 0 saturated carbocycles. The Hall–Kier alpha value is -0.790. The van der Waals surface area contributed by atoms with Crippen molar-refractivity contribution in [2.24, 2.45) is 4.99 Å². The number of aliphatic imine (C=N–C) groups is 1. The Kier molecular flexibility index (Phi) is 2.32. The zero-order chi connectivity index (χ0) is 8.43. The van der Waals surface area contributed by atoms with Gasteiger partial charge in [0.1, 0.15) is 0 Å². The van der Waals surface area contributed by atoms with Crippen LogP contribution in [0.3, 0.4) is 0 Å². The van der Waals surface area contributed by atoms with Gasteiger partial charge in [-0.05, 0) is 20.3 Å². The third-order valence-corrected chi connectivity index (χ3v) is 2.25. The van der Waals surface area contributed by atoms with E-state index in [1.165, 1.54) is 11.4 Å². The van der Waals surface area contributed by atoms with Gasteiger partial charge in [0.15, 0.2) is 0 Å². The van der Waals surface area contributed by atoms with E-state index in [9.17, 15) is 0 Å². The summed E-state index contributed by atoms with van der Waals surface area (Å²) in [5.41, 5.74) is 2.40. The number of nitrogens with zero attached hydrogens (tertiary/aromatic N) is 2. The van der Waals surface area contributed by atoms with E-state index in [2.05, 4.69) is 43.9 Å². The minimum atomic E-state index is 0.463. The highest BCUT2D eigenvalue weighted by Gasteiger charge is 2.14. The van der Waals surface area contributed by atoms with E-state index in [1.807, 2.05) is 0 Å². The maximum absolute atomic E-state index is 4.47. The van der Waals surface area contributed by atoms with Crippen LogP contribution < -0.4 is 0 Å². The van der Waals surface area contributed by atoms with Crippen LogP contribution in [-0.4, -0.2) is 23.7 Å². The largest absolute Gasteiger partial charge is 0.371 e. The molecule has 1 rings (SSSR count). The molecule has 0 aliphatic carbocycles. The third kappa shape index (κ3) is 1.62. The molecule has 0 aromatic heterocycles. The molecule has 0 fully saturated rings. The van der Waals surface area contributed by atoms with Crippen molar-refractivity contribution < 1.29 is 0 Å². The van der Waals surface area contributed by atoms with Gasteiger partial charge in [0.2, 0.25) is 0 Å². The molecule has 0 spiro atoms. The predicted molar refractivity (Wildman–Crippen MR) is 48.7 cm³/mol. The summed E-state index contributed by atoms with van der Waals surface area (Å²) >= 11 is 0. The highest BCUT2D eigenvalue weighted by atomic mass is 15.1. The van der Waals surface area contributed by atoms with Crippen molar-refractivity contribution in [3.05, 3.63) is 11.9 Å². The van der Waals surface area contributed by atoms with E-state index in [1.54, 1.807) is 0 Å². The van der Waals surface area contributed by atoms with Gasteiger partial charge in [-0.15, -0.1) is 0 Å². The molecular formula is C9H16N2. The van der Waals surface area contributed by atoms with Crippen LogP contribution >= 0.6 is 0 Å². The normalized spacial score (nSPS) is 24.7. The summed E-state index contributed by atoms with van der Waals surface area (Å²) in [6.45, 7) is 6.39. The summed E-state index contributed by atoms with van der Waals surface area (Å²) in [7, 11) is 2.10. The van der Waals surface area contributed by atoms with Crippen molar-refractivity contribution in [1.82, 2.24) is 4.90 Å². The van der Waals surface area contributed by atoms with Crippen molar-refractivity contribution >= 4 is 5.71 Å². The molecule has 0 N–H and O–H groups in total. The van der Waals surface area contributed by atoms with E-state index in [4.69, 9.17) is 0 Å². The van der Waals surface area contributed by atoms with Gasteiger partial charge in [-0.25, -0.2) is 0 Å². The van der Waals surface area contributed by atoms with Crippen LogP contribution in [0.15, 0.2) is 16.9 Å². The molecule has 0 radical (unpaired) electrons. The van der Waals surface area contributed by atoms with Crippen LogP contribution in [0.1, 0.15) is 27.2 Å². The second kappa shape index (κ2) is 3.07. The minimum absolute atomic E-state index is 0.463. The zero-order valence-corrected chi connectivity index (χ0v) is 7.76. The Morgan fingerprint density at radius 1 is 1.64 bits per heavy atom. The molecule has 1 atom stereocenters. The second-order valence-corrected chi connectivity index (χ2v) is 3.07. The van der Waals surface area contributed by atoms with Crippen molar-refractivity contribution in [1.29, 1.82) is 0 Å². The number of hydrogen-bond acceptors (Lipinski definition) is 2. The van der Waals surface area contributed by atoms with E-state index < -0.39 is 0 Å². The van der Waals surface area contributed by atoms with Crippen LogP contribution in [0.25, 0.3) is 0 Å². The number of allylic oxidation sites excluding steroid dienone is 1. The van der Waals surface area contributed by atoms with E-state index in [-0.39, 0.29) is 0 Å². The molecule has 0 aromatic carbocycles. The third-order valence-electron chi connectivity index (χ3n) is 2.25. The lowest BCUT2D eigenvalue weighted by molar-refractivity contribution is 0.413. The fourth-order valence-electron chi connectivity index (χ4n) is 1.16. The fraction of sp³-hybridized carbons (Fsp3) is 0.667. The van der Waals surface area contributed by atoms with Gasteiger partial charge in [-0.3, -0.25) is 4.99 Å². The second-order valence-electron chi connectivity index (χ2n) is 3.07. The summed E-state index contributed by atoms with van der Waals surface area (Å²) in [5, 5.41) is 0. The zero-order valence-electron chi connectivity index (χ0n) is 7.76. The first-order valence-corrected chi connectivity index (χ1v) is 4.13. The van der Waals surface area contributed by atoms with Gasteiger partial charge in [0.25, 0.3) is 0 Å². The van der Waals surface area contributed by atoms with Crippen molar-refractivity contribution in [3.8, 4) is 0 Å². The summed E-state index contributed by atoms with van der Waals surface area (Å²) in [6, 6.07) is 0.463. The molecule has 0 bridgehead atoms. The van der Waals surface area contributed by atoms with Crippen molar-refractivity contribution in [2.75, 3.05) is 7.05 Å². The Bertz CT molecular complexity index is 204. The molecule has 1 unspecified atom stereocenters. The first-order valence-electron chi connectivity index (χ1n) is 4.13. The summed E-state index contributed by atoms with van der Waals surface area (Å²) in [6.07, 6.45) is 3.14. The molecule has 2 heteroatoms. The number of hydrogen-bond donors (Lipinski definition) is 0. The van der Waals surface area contributed by atoms with Crippen LogP contribution in [0, 0.1) is 0 Å². The molecule has 0 saturated heterocycles. The lowest BCUT2D eigenvalue weighted by Gasteiger charge is -2.27. The maximum atomic E-state index is 4.47. The monoisotopic (exact) mass is 152 g/mol. The maximum Gasteiger partial charge on any atom is 0.0635 e. The predicted octanol–water partition coefficient (Wildman–Crippen LogP) is 2.03. The fourth-order valence-corrected chi connectivity index (χ4v) is 1.16. The van der Waals surface area contributed by atoms with Crippen LogP contribution in [-0.2, 0) is 0 Å². The molecule has 2 nitrogen and oxygen atoms in total. The Morgan fingerprint density at radius 2 is 2.27 bits per heavy atom. The molecule has 0 aromatic rings. The minimum Gasteiger partial charge on any atom is -0.371 e. The van der Waals surface area contributed by atoms with Crippen LogP contribution in [0.5, 0.6) is 0 Å². The standard InChI is InChI=1S/C9H16N2/c1-5-9-6-11(4)8(3)7(2)10-9/h6,8H,5H2,1-4H3. The smallest absolute Gasteiger partial charge is 0.0635 e. The van der Waals surface area contributed by atoms with Gasteiger partial charge in [0, 0.05) is 19.0 Å². The van der Waals surface area contributed by atoms with Gasteiger partial charge >= 0.3 is 0 Å². The highest BCUT2D eigenvalue weighted by molar-refractivity contribution is 5.88. The summed E-state index contributed by atoms with van der Waals surface area (Å²) in [4.78, 5) is 6.68. The van der Waals surface area contributed by atoms with E-state index in [0.29, 0.717) is 6.04 Å². The summed E-state index contributed by atoms with van der Waals surface area (Å²) < 4.78 is 0. The average molecular weight is 152 g/mol. The van der Waals surface area contributed by atoms with Crippen LogP contribution in [0.4, 0.5) is 0 Å². The number of rotatable bonds is 1. The van der Waals surface area contributed by atoms with Gasteiger partial charge in [-0.2, -0.15) is 0 Å². The lowest BCUT2D eigenvalue weighted by atomic mass is 10.1. The quantitative estimate of drug-likeness (QED) is 0.561. The first kappa shape index (κ1) is 8.31. The molecule has 1 aliphatic heterocycles. The average Bonchev–Trinajstić information content (AvgIpc) is 1.99. The Balaban J connectivity index is 2.82. The molecule has 11 heavy (non-hydrogen) atoms. The molecule has 62 valence electrons. The SMILES string of the molecule is CCC1=CN(C)C(C)C(C)=N1. The Morgan fingerprint density at radius 3 is 2.73 bits per heavy atom. The van der Waals surface area contributed by atoms with Crippen molar-refractivity contribution in [2.45, 2.75) is 33.2 Å². The summed E-state index contributed by atoms with van der Waals surface area (Å²) in [5.74, 6) is 0. The van der Waals surface area contributed by atoms with E-state index >= 15 is 0 Å². The molecular weight excluding hydrogens is 136 g/mol. The van der Waals surface area contributed by atoms with Gasteiger partial charge in [0.05, 0.1) is 11.7 Å². The van der Waals surface area contributed by atoms with E-state index in [0.717, 1.165) is 6.42 Å². The topological polar surface area (TPSA) is 15.6 Å². The lowest BCUT2D eigenvalue weighted by Crippen LogP contribution is -2.33. The van der Waals surface area contributed by atoms with Gasteiger partial charge < -0.3 is 4.90 Å². The van der Waals surface area contributed by atoms with Gasteiger partial charge in [-0.1, -0.05) is 6.92 Å². The molecule has 0 amide bonds. The molecule has 1 aliphatic rings. The first-order chi connectivity index (χ1) is 5.15.